The van der Waals surface area contributed by atoms with Crippen LogP contribution in [0.4, 0.5) is 5.69 Å². The minimum atomic E-state index is 0.0264. The Morgan fingerprint density at radius 2 is 1.83 bits per heavy atom. The highest BCUT2D eigenvalue weighted by Gasteiger charge is 2.11. The lowest BCUT2D eigenvalue weighted by atomic mass is 10.1. The molecule has 2 aromatic carbocycles. The molecule has 0 saturated carbocycles. The Bertz CT molecular complexity index is 866. The van der Waals surface area contributed by atoms with Crippen molar-refractivity contribution in [2.24, 2.45) is 0 Å². The minimum absolute atomic E-state index is 0.0264. The fraction of sp³-hybridized carbons (Fsp3) is 0.263. The van der Waals surface area contributed by atoms with Crippen LogP contribution in [0.3, 0.4) is 0 Å². The number of para-hydroxylation sites is 1. The van der Waals surface area contributed by atoms with Gasteiger partial charge in [-0.25, -0.2) is 4.98 Å². The van der Waals surface area contributed by atoms with Gasteiger partial charge in [0.2, 0.25) is 0 Å². The first-order chi connectivity index (χ1) is 11.2. The third-order valence-corrected chi connectivity index (χ3v) is 4.02. The lowest BCUT2D eigenvalue weighted by Gasteiger charge is -2.13. The van der Waals surface area contributed by atoms with Gasteiger partial charge in [-0.2, -0.15) is 0 Å². The number of nitrogens with zero attached hydrogens (tertiary/aromatic N) is 2. The van der Waals surface area contributed by atoms with Gasteiger partial charge < -0.3 is 5.73 Å². The SMILES string of the molecule is CCCCc1nc2ccccc2c(=O)n1Cc1ccc(N)cc1. The van der Waals surface area contributed by atoms with E-state index in [0.29, 0.717) is 11.9 Å². The Balaban J connectivity index is 2.09. The van der Waals surface area contributed by atoms with Crippen molar-refractivity contribution < 1.29 is 0 Å². The van der Waals surface area contributed by atoms with Crippen LogP contribution in [0.5, 0.6) is 0 Å². The highest BCUT2D eigenvalue weighted by molar-refractivity contribution is 5.77. The Morgan fingerprint density at radius 3 is 2.57 bits per heavy atom. The van der Waals surface area contributed by atoms with Gasteiger partial charge in [0, 0.05) is 12.1 Å². The molecule has 3 aromatic rings. The van der Waals surface area contributed by atoms with E-state index < -0.39 is 0 Å². The summed E-state index contributed by atoms with van der Waals surface area (Å²) in [7, 11) is 0. The maximum Gasteiger partial charge on any atom is 0.261 e. The predicted octanol–water partition coefficient (Wildman–Crippen LogP) is 3.37. The summed E-state index contributed by atoms with van der Waals surface area (Å²) < 4.78 is 1.80. The zero-order valence-corrected chi connectivity index (χ0v) is 13.3. The number of benzene rings is 2. The predicted molar refractivity (Wildman–Crippen MR) is 94.6 cm³/mol. The van der Waals surface area contributed by atoms with Crippen LogP contribution in [-0.2, 0) is 13.0 Å². The highest BCUT2D eigenvalue weighted by atomic mass is 16.1. The van der Waals surface area contributed by atoms with Gasteiger partial charge in [-0.3, -0.25) is 9.36 Å². The number of rotatable bonds is 5. The van der Waals surface area contributed by atoms with Crippen LogP contribution in [0.2, 0.25) is 0 Å². The van der Waals surface area contributed by atoms with Gasteiger partial charge in [-0.05, 0) is 36.2 Å². The Morgan fingerprint density at radius 1 is 1.09 bits per heavy atom. The summed E-state index contributed by atoms with van der Waals surface area (Å²) >= 11 is 0. The van der Waals surface area contributed by atoms with E-state index in [1.165, 1.54) is 0 Å². The number of fused-ring (bicyclic) bond motifs is 1. The van der Waals surface area contributed by atoms with E-state index >= 15 is 0 Å². The van der Waals surface area contributed by atoms with Crippen LogP contribution in [0, 0.1) is 0 Å². The monoisotopic (exact) mass is 307 g/mol. The van der Waals surface area contributed by atoms with Crippen LogP contribution in [-0.4, -0.2) is 9.55 Å². The normalized spacial score (nSPS) is 11.0. The molecule has 0 fully saturated rings. The molecule has 0 atom stereocenters. The maximum atomic E-state index is 12.9. The van der Waals surface area contributed by atoms with Crippen molar-refractivity contribution in [2.45, 2.75) is 32.7 Å². The van der Waals surface area contributed by atoms with E-state index in [1.807, 2.05) is 48.5 Å². The van der Waals surface area contributed by atoms with Gasteiger partial charge in [-0.15, -0.1) is 0 Å². The van der Waals surface area contributed by atoms with Crippen LogP contribution in [0.15, 0.2) is 53.3 Å². The summed E-state index contributed by atoms with van der Waals surface area (Å²) in [6.07, 6.45) is 2.91. The van der Waals surface area contributed by atoms with Crippen molar-refractivity contribution >= 4 is 16.6 Å². The van der Waals surface area contributed by atoms with Gasteiger partial charge in [0.1, 0.15) is 5.82 Å². The van der Waals surface area contributed by atoms with Gasteiger partial charge >= 0.3 is 0 Å². The minimum Gasteiger partial charge on any atom is -0.399 e. The van der Waals surface area contributed by atoms with Gasteiger partial charge in [0.25, 0.3) is 5.56 Å². The maximum absolute atomic E-state index is 12.9. The Kier molecular flexibility index (Phi) is 4.42. The van der Waals surface area contributed by atoms with Gasteiger partial charge in [0.15, 0.2) is 0 Å². The quantitative estimate of drug-likeness (QED) is 0.735. The van der Waals surface area contributed by atoms with Gasteiger partial charge in [-0.1, -0.05) is 37.6 Å². The zero-order valence-electron chi connectivity index (χ0n) is 13.3. The molecule has 1 heterocycles. The number of aromatic nitrogens is 2. The molecule has 0 amide bonds. The molecule has 4 nitrogen and oxygen atoms in total. The number of unbranched alkanes of at least 4 members (excludes halogenated alkanes) is 1. The molecule has 0 bridgehead atoms. The second-order valence-corrected chi connectivity index (χ2v) is 5.78. The Labute approximate surface area is 135 Å². The number of aryl methyl sites for hydroxylation is 1. The van der Waals surface area contributed by atoms with Crippen molar-refractivity contribution in [1.82, 2.24) is 9.55 Å². The molecular weight excluding hydrogens is 286 g/mol. The first kappa shape index (κ1) is 15.3. The second-order valence-electron chi connectivity index (χ2n) is 5.78. The zero-order chi connectivity index (χ0) is 16.2. The van der Waals surface area contributed by atoms with Gasteiger partial charge in [0.05, 0.1) is 17.4 Å². The summed E-state index contributed by atoms with van der Waals surface area (Å²) in [6, 6.07) is 15.2. The summed E-state index contributed by atoms with van der Waals surface area (Å²) in [5.74, 6) is 0.854. The molecule has 0 aliphatic heterocycles. The number of hydrogen-bond acceptors (Lipinski definition) is 3. The third-order valence-electron chi connectivity index (χ3n) is 4.02. The molecular formula is C19H21N3O. The fourth-order valence-corrected chi connectivity index (χ4v) is 2.71. The molecule has 0 aliphatic rings. The molecule has 3 rings (SSSR count). The number of nitrogen functional groups attached to an aromatic ring is 1. The summed E-state index contributed by atoms with van der Waals surface area (Å²) in [5, 5.41) is 0.670. The lowest BCUT2D eigenvalue weighted by molar-refractivity contribution is 0.646. The molecule has 118 valence electrons. The molecule has 1 aromatic heterocycles. The summed E-state index contributed by atoms with van der Waals surface area (Å²) in [6.45, 7) is 2.67. The van der Waals surface area contributed by atoms with E-state index in [1.54, 1.807) is 4.57 Å². The average Bonchev–Trinajstić information content (AvgIpc) is 2.57. The average molecular weight is 307 g/mol. The fourth-order valence-electron chi connectivity index (χ4n) is 2.71. The molecule has 23 heavy (non-hydrogen) atoms. The van der Waals surface area contributed by atoms with E-state index in [9.17, 15) is 4.79 Å². The number of hydrogen-bond donors (Lipinski definition) is 1. The van der Waals surface area contributed by atoms with Crippen LogP contribution in [0.1, 0.15) is 31.2 Å². The first-order valence-corrected chi connectivity index (χ1v) is 8.02. The lowest BCUT2D eigenvalue weighted by Crippen LogP contribution is -2.26. The Hall–Kier alpha value is -2.62. The highest BCUT2D eigenvalue weighted by Crippen LogP contribution is 2.13. The number of anilines is 1. The van der Waals surface area contributed by atoms with Crippen molar-refractivity contribution in [2.75, 3.05) is 5.73 Å². The van der Waals surface area contributed by atoms with Crippen LogP contribution < -0.4 is 11.3 Å². The largest absolute Gasteiger partial charge is 0.399 e. The topological polar surface area (TPSA) is 60.9 Å². The molecule has 2 N–H and O–H groups in total. The van der Waals surface area contributed by atoms with Crippen LogP contribution >= 0.6 is 0 Å². The van der Waals surface area contributed by atoms with Crippen molar-refractivity contribution in [1.29, 1.82) is 0 Å². The van der Waals surface area contributed by atoms with Crippen molar-refractivity contribution in [3.63, 3.8) is 0 Å². The van der Waals surface area contributed by atoms with Crippen LogP contribution in [0.25, 0.3) is 10.9 Å². The second kappa shape index (κ2) is 6.65. The summed E-state index contributed by atoms with van der Waals surface area (Å²) in [4.78, 5) is 17.6. The van der Waals surface area contributed by atoms with Crippen molar-refractivity contribution in [3.05, 3.63) is 70.3 Å². The first-order valence-electron chi connectivity index (χ1n) is 8.02. The third kappa shape index (κ3) is 3.26. The standard InChI is InChI=1S/C19H21N3O/c1-2-3-8-18-21-17-7-5-4-6-16(17)19(23)22(18)13-14-9-11-15(20)12-10-14/h4-7,9-12H,2-3,8,13,20H2,1H3. The molecule has 0 saturated heterocycles. The summed E-state index contributed by atoms with van der Waals surface area (Å²) in [5.41, 5.74) is 8.32. The van der Waals surface area contributed by atoms with E-state index in [0.717, 1.165) is 41.9 Å². The molecule has 4 heteroatoms. The molecule has 0 spiro atoms. The molecule has 0 radical (unpaired) electrons. The molecule has 0 unspecified atom stereocenters. The van der Waals surface area contributed by atoms with E-state index in [2.05, 4.69) is 6.92 Å². The van der Waals surface area contributed by atoms with E-state index in [-0.39, 0.29) is 5.56 Å². The van der Waals surface area contributed by atoms with E-state index in [4.69, 9.17) is 10.7 Å². The number of nitrogens with two attached hydrogens (primary N) is 1. The van der Waals surface area contributed by atoms with Crippen molar-refractivity contribution in [3.8, 4) is 0 Å². The smallest absolute Gasteiger partial charge is 0.261 e. The molecule has 0 aliphatic carbocycles.